The van der Waals surface area contributed by atoms with Crippen LogP contribution in [-0.2, 0) is 5.41 Å². The van der Waals surface area contributed by atoms with E-state index in [1.807, 2.05) is 17.8 Å². The minimum absolute atomic E-state index is 0.155. The third-order valence-electron chi connectivity index (χ3n) is 4.64. The predicted octanol–water partition coefficient (Wildman–Crippen LogP) is 3.42. The molecule has 5 heteroatoms. The summed E-state index contributed by atoms with van der Waals surface area (Å²) in [4.78, 5) is 4.77. The highest BCUT2D eigenvalue weighted by Crippen LogP contribution is 2.50. The highest BCUT2D eigenvalue weighted by atomic mass is 32.2. The Balaban J connectivity index is 2.05. The van der Waals surface area contributed by atoms with E-state index in [9.17, 15) is 0 Å². The van der Waals surface area contributed by atoms with Crippen molar-refractivity contribution >= 4 is 17.7 Å². The lowest BCUT2D eigenvalue weighted by atomic mass is 9.95. The predicted molar refractivity (Wildman–Crippen MR) is 105 cm³/mol. The third kappa shape index (κ3) is 4.82. The van der Waals surface area contributed by atoms with Crippen LogP contribution in [0.25, 0.3) is 0 Å². The van der Waals surface area contributed by atoms with Gasteiger partial charge < -0.3 is 15.4 Å². The van der Waals surface area contributed by atoms with Gasteiger partial charge in [0.25, 0.3) is 0 Å². The second kappa shape index (κ2) is 8.15. The van der Waals surface area contributed by atoms with Gasteiger partial charge in [0, 0.05) is 28.8 Å². The summed E-state index contributed by atoms with van der Waals surface area (Å²) in [6.45, 7) is 9.10. The van der Waals surface area contributed by atoms with Crippen LogP contribution in [0.3, 0.4) is 0 Å². The zero-order valence-electron chi connectivity index (χ0n) is 15.6. The first-order valence-electron chi connectivity index (χ1n) is 8.67. The first kappa shape index (κ1) is 19.0. The van der Waals surface area contributed by atoms with Gasteiger partial charge >= 0.3 is 0 Å². The van der Waals surface area contributed by atoms with Gasteiger partial charge in [0.15, 0.2) is 5.96 Å². The number of nitrogens with zero attached hydrogens (tertiary/aromatic N) is 1. The first-order chi connectivity index (χ1) is 11.5. The zero-order valence-corrected chi connectivity index (χ0v) is 16.4. The van der Waals surface area contributed by atoms with Crippen molar-refractivity contribution in [2.45, 2.75) is 43.8 Å². The average Bonchev–Trinajstić information content (AvgIpc) is 3.38. The SMILES string of the molecule is CCNC(=NCC(C)(C)SC)NCC1(c2ccccc2OC)CC1. The molecule has 0 atom stereocenters. The van der Waals surface area contributed by atoms with Crippen LogP contribution < -0.4 is 15.4 Å². The number of para-hydroxylation sites is 1. The molecule has 2 rings (SSSR count). The summed E-state index contributed by atoms with van der Waals surface area (Å²) in [6, 6.07) is 8.37. The van der Waals surface area contributed by atoms with Crippen LogP contribution in [0.2, 0.25) is 0 Å². The number of guanidine groups is 1. The topological polar surface area (TPSA) is 45.7 Å². The minimum Gasteiger partial charge on any atom is -0.496 e. The highest BCUT2D eigenvalue weighted by Gasteiger charge is 2.46. The fourth-order valence-corrected chi connectivity index (χ4v) is 2.90. The van der Waals surface area contributed by atoms with Gasteiger partial charge in [0.1, 0.15) is 5.75 Å². The van der Waals surface area contributed by atoms with Crippen molar-refractivity contribution < 1.29 is 4.74 Å². The number of benzene rings is 1. The summed E-state index contributed by atoms with van der Waals surface area (Å²) in [6.07, 6.45) is 4.52. The van der Waals surface area contributed by atoms with Crippen molar-refractivity contribution in [2.24, 2.45) is 4.99 Å². The molecule has 0 heterocycles. The van der Waals surface area contributed by atoms with E-state index in [-0.39, 0.29) is 10.2 Å². The number of nitrogens with one attached hydrogen (secondary N) is 2. The van der Waals surface area contributed by atoms with E-state index in [2.05, 4.69) is 55.9 Å². The van der Waals surface area contributed by atoms with E-state index in [0.29, 0.717) is 0 Å². The smallest absolute Gasteiger partial charge is 0.191 e. The quantitative estimate of drug-likeness (QED) is 0.558. The van der Waals surface area contributed by atoms with Gasteiger partial charge in [0.2, 0.25) is 0 Å². The van der Waals surface area contributed by atoms with Crippen LogP contribution in [-0.4, -0.2) is 43.7 Å². The Kier molecular flexibility index (Phi) is 6.44. The maximum absolute atomic E-state index is 5.56. The van der Waals surface area contributed by atoms with Crippen molar-refractivity contribution in [1.82, 2.24) is 10.6 Å². The monoisotopic (exact) mass is 349 g/mol. The first-order valence-corrected chi connectivity index (χ1v) is 9.90. The number of thioether (sulfide) groups is 1. The molecule has 0 spiro atoms. The fraction of sp³-hybridized carbons (Fsp3) is 0.632. The maximum Gasteiger partial charge on any atom is 0.191 e. The molecule has 0 aromatic heterocycles. The van der Waals surface area contributed by atoms with Crippen molar-refractivity contribution in [3.8, 4) is 5.75 Å². The van der Waals surface area contributed by atoms with E-state index >= 15 is 0 Å². The summed E-state index contributed by atoms with van der Waals surface area (Å²) >= 11 is 1.85. The summed E-state index contributed by atoms with van der Waals surface area (Å²) in [5, 5.41) is 6.90. The molecule has 4 nitrogen and oxygen atoms in total. The number of methoxy groups -OCH3 is 1. The van der Waals surface area contributed by atoms with E-state index in [1.165, 1.54) is 18.4 Å². The lowest BCUT2D eigenvalue weighted by Gasteiger charge is -2.23. The molecule has 1 aromatic carbocycles. The number of hydrogen-bond acceptors (Lipinski definition) is 3. The van der Waals surface area contributed by atoms with Gasteiger partial charge in [-0.05, 0) is 45.9 Å². The molecule has 134 valence electrons. The van der Waals surface area contributed by atoms with Crippen LogP contribution in [0.15, 0.2) is 29.3 Å². The minimum atomic E-state index is 0.155. The molecular weight excluding hydrogens is 318 g/mol. The molecule has 0 saturated heterocycles. The molecule has 2 N–H and O–H groups in total. The second-order valence-electron chi connectivity index (χ2n) is 6.99. The molecule has 0 bridgehead atoms. The van der Waals surface area contributed by atoms with Gasteiger partial charge in [-0.25, -0.2) is 0 Å². The fourth-order valence-electron chi connectivity index (χ4n) is 2.70. The Hall–Kier alpha value is -1.36. The van der Waals surface area contributed by atoms with Crippen molar-refractivity contribution in [2.75, 3.05) is 33.0 Å². The molecule has 1 saturated carbocycles. The van der Waals surface area contributed by atoms with E-state index in [1.54, 1.807) is 7.11 Å². The Morgan fingerprint density at radius 2 is 2.00 bits per heavy atom. The second-order valence-corrected chi connectivity index (χ2v) is 8.51. The third-order valence-corrected chi connectivity index (χ3v) is 5.88. The van der Waals surface area contributed by atoms with Crippen LogP contribution in [0.4, 0.5) is 0 Å². The van der Waals surface area contributed by atoms with Gasteiger partial charge in [0.05, 0.1) is 13.7 Å². The van der Waals surface area contributed by atoms with Gasteiger partial charge in [-0.3, -0.25) is 4.99 Å². The molecule has 24 heavy (non-hydrogen) atoms. The molecule has 1 aliphatic carbocycles. The molecule has 0 amide bonds. The average molecular weight is 350 g/mol. The van der Waals surface area contributed by atoms with Gasteiger partial charge in [-0.1, -0.05) is 18.2 Å². The van der Waals surface area contributed by atoms with Crippen LogP contribution >= 0.6 is 11.8 Å². The summed E-state index contributed by atoms with van der Waals surface area (Å²) in [5.41, 5.74) is 1.48. The molecule has 0 radical (unpaired) electrons. The Bertz CT molecular complexity index is 567. The maximum atomic E-state index is 5.56. The van der Waals surface area contributed by atoms with Crippen LogP contribution in [0.1, 0.15) is 39.2 Å². The Labute approximate surface area is 150 Å². The molecule has 0 aliphatic heterocycles. The molecule has 1 fully saturated rings. The number of rotatable bonds is 8. The largest absolute Gasteiger partial charge is 0.496 e. The molecule has 1 aliphatic rings. The number of aliphatic imine (C=N–C) groups is 1. The van der Waals surface area contributed by atoms with E-state index in [4.69, 9.17) is 9.73 Å². The zero-order chi connectivity index (χ0) is 17.6. The standard InChI is InChI=1S/C19H31N3OS/c1-6-20-17(21-13-18(2,3)24-5)22-14-19(11-12-19)15-9-7-8-10-16(15)23-4/h7-10H,6,11-14H2,1-5H3,(H2,20,21,22). The van der Waals surface area contributed by atoms with Crippen LogP contribution in [0.5, 0.6) is 5.75 Å². The number of ether oxygens (including phenoxy) is 1. The number of hydrogen-bond donors (Lipinski definition) is 2. The molecule has 1 aromatic rings. The normalized spacial score (nSPS) is 16.6. The highest BCUT2D eigenvalue weighted by molar-refractivity contribution is 7.99. The lowest BCUT2D eigenvalue weighted by Crippen LogP contribution is -2.42. The summed E-state index contributed by atoms with van der Waals surface area (Å²) in [7, 11) is 1.75. The molecule has 0 unspecified atom stereocenters. The van der Waals surface area contributed by atoms with E-state index in [0.717, 1.165) is 31.3 Å². The van der Waals surface area contributed by atoms with Crippen molar-refractivity contribution in [3.05, 3.63) is 29.8 Å². The lowest BCUT2D eigenvalue weighted by molar-refractivity contribution is 0.403. The Morgan fingerprint density at radius 3 is 2.58 bits per heavy atom. The van der Waals surface area contributed by atoms with Crippen LogP contribution in [0, 0.1) is 0 Å². The molecular formula is C19H31N3OS. The Morgan fingerprint density at radius 1 is 1.29 bits per heavy atom. The summed E-state index contributed by atoms with van der Waals surface area (Å²) < 4.78 is 5.71. The van der Waals surface area contributed by atoms with Gasteiger partial charge in [-0.2, -0.15) is 11.8 Å². The summed E-state index contributed by atoms with van der Waals surface area (Å²) in [5.74, 6) is 1.89. The van der Waals surface area contributed by atoms with E-state index < -0.39 is 0 Å². The van der Waals surface area contributed by atoms with Crippen molar-refractivity contribution in [3.63, 3.8) is 0 Å². The van der Waals surface area contributed by atoms with Gasteiger partial charge in [-0.15, -0.1) is 0 Å². The van der Waals surface area contributed by atoms with Crippen molar-refractivity contribution in [1.29, 1.82) is 0 Å².